The predicted octanol–water partition coefficient (Wildman–Crippen LogP) is 3.82. The molecule has 3 rings (SSSR count). The van der Waals surface area contributed by atoms with Crippen LogP contribution in [0.2, 0.25) is 0 Å². The van der Waals surface area contributed by atoms with Gasteiger partial charge in [0.05, 0.1) is 5.69 Å². The molecule has 0 fully saturated rings. The van der Waals surface area contributed by atoms with Crippen molar-refractivity contribution in [1.82, 2.24) is 10.3 Å². The normalized spacial score (nSPS) is 14.9. The molecule has 1 N–H and O–H groups in total. The molecule has 29 heavy (non-hydrogen) atoms. The van der Waals surface area contributed by atoms with Crippen molar-refractivity contribution in [1.29, 1.82) is 0 Å². The van der Waals surface area contributed by atoms with Gasteiger partial charge in [-0.05, 0) is 42.9 Å². The molecular weight excluding hydrogens is 370 g/mol. The molecule has 0 aliphatic carbocycles. The van der Waals surface area contributed by atoms with Crippen LogP contribution in [-0.4, -0.2) is 29.4 Å². The van der Waals surface area contributed by atoms with E-state index in [1.807, 2.05) is 32.0 Å². The number of nitrogens with one attached hydrogen (secondary N) is 1. The number of anilines is 1. The van der Waals surface area contributed by atoms with E-state index in [4.69, 9.17) is 9.15 Å². The summed E-state index contributed by atoms with van der Waals surface area (Å²) in [6.45, 7) is 10.5. The summed E-state index contributed by atoms with van der Waals surface area (Å²) in [6, 6.07) is 5.99. The second kappa shape index (κ2) is 8.27. The Bertz CT molecular complexity index is 903. The Kier molecular flexibility index (Phi) is 5.96. The van der Waals surface area contributed by atoms with Gasteiger partial charge >= 0.3 is 0 Å². The maximum atomic E-state index is 12.6. The van der Waals surface area contributed by atoms with Gasteiger partial charge in [0.25, 0.3) is 11.8 Å². The number of nitrogens with zero attached hydrogens (tertiary/aromatic N) is 2. The summed E-state index contributed by atoms with van der Waals surface area (Å²) in [5, 5.41) is 2.86. The molecule has 0 saturated heterocycles. The monoisotopic (exact) mass is 399 g/mol. The van der Waals surface area contributed by atoms with Gasteiger partial charge in [0, 0.05) is 6.04 Å². The smallest absolute Gasteiger partial charge is 0.273 e. The number of hydrogen-bond acceptors (Lipinski definition) is 5. The lowest BCUT2D eigenvalue weighted by atomic mass is 9.82. The van der Waals surface area contributed by atoms with Crippen LogP contribution in [0.5, 0.6) is 5.75 Å². The summed E-state index contributed by atoms with van der Waals surface area (Å²) < 4.78 is 11.1. The van der Waals surface area contributed by atoms with Crippen LogP contribution in [0, 0.1) is 0 Å². The molecule has 2 aromatic rings. The third-order valence-electron chi connectivity index (χ3n) is 5.63. The maximum absolute atomic E-state index is 12.6. The number of rotatable bonds is 7. The van der Waals surface area contributed by atoms with Gasteiger partial charge in [-0.15, -0.1) is 0 Å². The molecule has 1 aromatic heterocycles. The number of fused-ring (bicyclic) bond motifs is 1. The number of benzene rings is 1. The van der Waals surface area contributed by atoms with Gasteiger partial charge in [-0.25, -0.2) is 4.98 Å². The predicted molar refractivity (Wildman–Crippen MR) is 110 cm³/mol. The quantitative estimate of drug-likeness (QED) is 0.765. The van der Waals surface area contributed by atoms with E-state index in [2.05, 4.69) is 31.1 Å². The van der Waals surface area contributed by atoms with E-state index in [9.17, 15) is 9.59 Å². The van der Waals surface area contributed by atoms with Gasteiger partial charge in [-0.1, -0.05) is 33.8 Å². The number of oxazole rings is 1. The first kappa shape index (κ1) is 20.9. The molecule has 0 spiro atoms. The molecule has 7 nitrogen and oxygen atoms in total. The minimum absolute atomic E-state index is 0.0225. The van der Waals surface area contributed by atoms with Gasteiger partial charge in [0.2, 0.25) is 5.89 Å². The second-order valence-electron chi connectivity index (χ2n) is 8.10. The van der Waals surface area contributed by atoms with Gasteiger partial charge in [-0.2, -0.15) is 0 Å². The molecule has 156 valence electrons. The maximum Gasteiger partial charge on any atom is 0.273 e. The molecule has 1 aliphatic rings. The van der Waals surface area contributed by atoms with E-state index in [0.29, 0.717) is 17.3 Å². The van der Waals surface area contributed by atoms with Crippen molar-refractivity contribution in [2.24, 2.45) is 0 Å². The van der Waals surface area contributed by atoms with Gasteiger partial charge in [0.1, 0.15) is 18.6 Å². The average Bonchev–Trinajstić information content (AvgIpc) is 3.18. The highest BCUT2D eigenvalue weighted by Gasteiger charge is 2.29. The number of ether oxygens (including phenoxy) is 1. The zero-order chi connectivity index (χ0) is 21.2. The largest absolute Gasteiger partial charge is 0.482 e. The van der Waals surface area contributed by atoms with E-state index in [1.54, 1.807) is 4.90 Å². The lowest BCUT2D eigenvalue weighted by Crippen LogP contribution is -2.38. The highest BCUT2D eigenvalue weighted by atomic mass is 16.5. The lowest BCUT2D eigenvalue weighted by molar-refractivity contribution is -0.121. The number of aromatic nitrogens is 1. The summed E-state index contributed by atoms with van der Waals surface area (Å²) >= 11 is 0. The van der Waals surface area contributed by atoms with E-state index >= 15 is 0 Å². The van der Waals surface area contributed by atoms with Crippen molar-refractivity contribution in [3.63, 3.8) is 0 Å². The third kappa shape index (κ3) is 4.44. The van der Waals surface area contributed by atoms with Crippen molar-refractivity contribution < 1.29 is 18.7 Å². The van der Waals surface area contributed by atoms with Crippen molar-refractivity contribution in [2.75, 3.05) is 11.5 Å². The van der Waals surface area contributed by atoms with Crippen LogP contribution in [0.15, 0.2) is 28.9 Å². The SMILES string of the molecule is CCC(C)NC(=O)c1coc(CN2C(=O)COc3ccc(C(C)(C)CC)cc32)n1. The molecule has 0 saturated carbocycles. The molecule has 2 heterocycles. The molecule has 1 aliphatic heterocycles. The number of carbonyl (C=O) groups is 2. The third-order valence-corrected chi connectivity index (χ3v) is 5.63. The molecule has 1 atom stereocenters. The second-order valence-corrected chi connectivity index (χ2v) is 8.10. The molecule has 7 heteroatoms. The molecule has 1 unspecified atom stereocenters. The fourth-order valence-electron chi connectivity index (χ4n) is 3.02. The Morgan fingerprint density at radius 2 is 2.10 bits per heavy atom. The summed E-state index contributed by atoms with van der Waals surface area (Å²) in [5.41, 5.74) is 2.01. The highest BCUT2D eigenvalue weighted by molar-refractivity contribution is 5.98. The van der Waals surface area contributed by atoms with Crippen molar-refractivity contribution >= 4 is 17.5 Å². The molecule has 2 amide bonds. The number of amides is 2. The van der Waals surface area contributed by atoms with Gasteiger partial charge in [0.15, 0.2) is 12.3 Å². The van der Waals surface area contributed by atoms with E-state index in [1.165, 1.54) is 6.26 Å². The number of carbonyl (C=O) groups excluding carboxylic acids is 2. The first-order valence-corrected chi connectivity index (χ1v) is 10.1. The fourth-order valence-corrected chi connectivity index (χ4v) is 3.02. The average molecular weight is 399 g/mol. The van der Waals surface area contributed by atoms with E-state index in [0.717, 1.165) is 18.4 Å². The fraction of sp³-hybridized carbons (Fsp3) is 0.500. The molecular formula is C22H29N3O4. The Balaban J connectivity index is 1.84. The van der Waals surface area contributed by atoms with Crippen molar-refractivity contribution in [3.8, 4) is 5.75 Å². The summed E-state index contributed by atoms with van der Waals surface area (Å²) in [5.74, 6) is 0.505. The van der Waals surface area contributed by atoms with Crippen LogP contribution >= 0.6 is 0 Å². The first-order valence-electron chi connectivity index (χ1n) is 10.1. The highest BCUT2D eigenvalue weighted by Crippen LogP contribution is 2.38. The summed E-state index contributed by atoms with van der Waals surface area (Å²) in [7, 11) is 0. The summed E-state index contributed by atoms with van der Waals surface area (Å²) in [6.07, 6.45) is 3.12. The summed E-state index contributed by atoms with van der Waals surface area (Å²) in [4.78, 5) is 30.7. The molecule has 1 aromatic carbocycles. The van der Waals surface area contributed by atoms with Crippen LogP contribution < -0.4 is 15.0 Å². The standard InChI is InChI=1S/C22H29N3O4/c1-6-14(3)23-21(27)16-12-29-19(24-16)11-25-17-10-15(22(4,5)7-2)8-9-18(17)28-13-20(25)26/h8-10,12,14H,6-7,11,13H2,1-5H3,(H,23,27). The first-order chi connectivity index (χ1) is 13.7. The lowest BCUT2D eigenvalue weighted by Gasteiger charge is -2.31. The molecule has 0 bridgehead atoms. The van der Waals surface area contributed by atoms with Gasteiger partial charge < -0.3 is 14.5 Å². The zero-order valence-corrected chi connectivity index (χ0v) is 17.7. The Morgan fingerprint density at radius 1 is 1.34 bits per heavy atom. The zero-order valence-electron chi connectivity index (χ0n) is 17.7. The van der Waals surface area contributed by atoms with Crippen LogP contribution in [0.1, 0.15) is 69.4 Å². The van der Waals surface area contributed by atoms with Gasteiger partial charge in [-0.3, -0.25) is 14.5 Å². The van der Waals surface area contributed by atoms with Crippen LogP contribution in [0.4, 0.5) is 5.69 Å². The minimum atomic E-state index is -0.282. The van der Waals surface area contributed by atoms with E-state index < -0.39 is 0 Å². The van der Waals surface area contributed by atoms with Crippen molar-refractivity contribution in [3.05, 3.63) is 41.6 Å². The van der Waals surface area contributed by atoms with Crippen molar-refractivity contribution in [2.45, 2.75) is 65.5 Å². The Morgan fingerprint density at radius 3 is 2.79 bits per heavy atom. The van der Waals surface area contributed by atoms with E-state index in [-0.39, 0.29) is 42.1 Å². The topological polar surface area (TPSA) is 84.7 Å². The van der Waals surface area contributed by atoms with Crippen LogP contribution in [0.3, 0.4) is 0 Å². The van der Waals surface area contributed by atoms with Crippen LogP contribution in [0.25, 0.3) is 0 Å². The Labute approximate surface area is 171 Å². The number of hydrogen-bond donors (Lipinski definition) is 1. The van der Waals surface area contributed by atoms with Crippen LogP contribution in [-0.2, 0) is 16.8 Å². The minimum Gasteiger partial charge on any atom is -0.482 e. The molecule has 0 radical (unpaired) electrons. The Hall–Kier alpha value is -2.83.